The van der Waals surface area contributed by atoms with E-state index >= 15 is 0 Å². The Balaban J connectivity index is 1.70. The minimum Gasteiger partial charge on any atom is -0.497 e. The third-order valence-corrected chi connectivity index (χ3v) is 7.90. The Kier molecular flexibility index (Phi) is 5.98. The average molecular weight is 532 g/mol. The second-order valence-corrected chi connectivity index (χ2v) is 9.63. The second kappa shape index (κ2) is 9.26. The van der Waals surface area contributed by atoms with E-state index < -0.39 is 29.1 Å². The van der Waals surface area contributed by atoms with Crippen LogP contribution in [-0.4, -0.2) is 47.8 Å². The van der Waals surface area contributed by atoms with Crippen LogP contribution in [0, 0.1) is 0 Å². The van der Waals surface area contributed by atoms with E-state index in [0.717, 1.165) is 5.56 Å². The molecule has 3 aromatic carbocycles. The maximum atomic E-state index is 12.9. The first-order valence-electron chi connectivity index (χ1n) is 12.5. The fraction of sp³-hybridized carbons (Fsp3) is 0.310. The van der Waals surface area contributed by atoms with Gasteiger partial charge in [0.05, 0.1) is 39.4 Å². The molecule has 1 aromatic heterocycles. The van der Waals surface area contributed by atoms with Crippen molar-refractivity contribution in [3.8, 4) is 23.0 Å². The third kappa shape index (κ3) is 3.38. The van der Waals surface area contributed by atoms with Crippen LogP contribution in [-0.2, 0) is 17.7 Å². The van der Waals surface area contributed by atoms with Gasteiger partial charge < -0.3 is 39.3 Å². The molecule has 1 fully saturated rings. The van der Waals surface area contributed by atoms with Crippen LogP contribution in [0.4, 0.5) is 0 Å². The smallest absolute Gasteiger partial charge is 0.230 e. The molecule has 2 aliphatic rings. The Hall–Kier alpha value is -4.12. The van der Waals surface area contributed by atoms with E-state index in [1.165, 1.54) is 14.2 Å². The number of fused-ring (bicyclic) bond motifs is 3. The van der Waals surface area contributed by atoms with E-state index in [0.29, 0.717) is 34.1 Å². The predicted molar refractivity (Wildman–Crippen MR) is 139 cm³/mol. The lowest BCUT2D eigenvalue weighted by molar-refractivity contribution is -0.151. The SMILES string of the molecule is COc1ccc([C@@]23Oc4cc(OC)cc(OC)c4[C@]2(O)C(O)C(c2nnc(CN)o2)[C@H]3c2ccccc2)cc1. The summed E-state index contributed by atoms with van der Waals surface area (Å²) in [5.74, 6) is 0.544. The Morgan fingerprint density at radius 1 is 0.923 bits per heavy atom. The summed E-state index contributed by atoms with van der Waals surface area (Å²) in [7, 11) is 4.60. The number of nitrogens with zero attached hydrogens (tertiary/aromatic N) is 2. The molecule has 0 saturated heterocycles. The Labute approximate surface area is 224 Å². The number of rotatable bonds is 7. The molecule has 1 aliphatic carbocycles. The summed E-state index contributed by atoms with van der Waals surface area (Å²) in [6.07, 6.45) is -1.46. The molecule has 0 spiro atoms. The molecule has 1 saturated carbocycles. The van der Waals surface area contributed by atoms with Crippen LogP contribution in [0.3, 0.4) is 0 Å². The highest BCUT2D eigenvalue weighted by atomic mass is 16.5. The van der Waals surface area contributed by atoms with Gasteiger partial charge in [-0.15, -0.1) is 10.2 Å². The zero-order valence-electron chi connectivity index (χ0n) is 21.7. The first-order chi connectivity index (χ1) is 18.9. The van der Waals surface area contributed by atoms with E-state index in [2.05, 4.69) is 10.2 Å². The highest BCUT2D eigenvalue weighted by Gasteiger charge is 2.78. The zero-order valence-corrected chi connectivity index (χ0v) is 21.7. The number of ether oxygens (including phenoxy) is 4. The molecule has 0 bridgehead atoms. The third-order valence-electron chi connectivity index (χ3n) is 7.90. The van der Waals surface area contributed by atoms with Crippen LogP contribution in [0.15, 0.2) is 71.1 Å². The van der Waals surface area contributed by atoms with Crippen LogP contribution in [0.5, 0.6) is 23.0 Å². The number of nitrogens with two attached hydrogens (primary N) is 1. The van der Waals surface area contributed by atoms with Gasteiger partial charge in [0.25, 0.3) is 0 Å². The van der Waals surface area contributed by atoms with Crippen molar-refractivity contribution in [2.24, 2.45) is 5.73 Å². The Bertz CT molecular complexity index is 1490. The molecule has 10 nitrogen and oxygen atoms in total. The Morgan fingerprint density at radius 2 is 1.64 bits per heavy atom. The quantitative estimate of drug-likeness (QED) is 0.326. The van der Waals surface area contributed by atoms with Crippen LogP contribution in [0.25, 0.3) is 0 Å². The molecule has 5 atom stereocenters. The topological polar surface area (TPSA) is 142 Å². The molecule has 2 unspecified atom stereocenters. The molecule has 10 heteroatoms. The van der Waals surface area contributed by atoms with Gasteiger partial charge in [-0.3, -0.25) is 0 Å². The van der Waals surface area contributed by atoms with Gasteiger partial charge >= 0.3 is 0 Å². The number of aromatic nitrogens is 2. The van der Waals surface area contributed by atoms with Crippen molar-refractivity contribution in [1.82, 2.24) is 10.2 Å². The van der Waals surface area contributed by atoms with Crippen LogP contribution >= 0.6 is 0 Å². The summed E-state index contributed by atoms with van der Waals surface area (Å²) in [4.78, 5) is 0. The molecular formula is C29H29N3O7. The molecule has 0 radical (unpaired) electrons. The Morgan fingerprint density at radius 3 is 2.26 bits per heavy atom. The first-order valence-corrected chi connectivity index (χ1v) is 12.5. The number of aliphatic hydroxyl groups excluding tert-OH is 1. The standard InChI is InChI=1S/C29H29N3O7/c1-35-18-11-9-17(10-12-18)29-24(16-7-5-4-6-8-16)23(27-32-31-22(15-30)38-27)26(33)28(29,34)25-20(37-3)13-19(36-2)14-21(25)39-29/h4-14,23-24,26,33-34H,15,30H2,1-3H3/t23?,24-,26?,28+,29+/m1/s1. The van der Waals surface area contributed by atoms with E-state index in [9.17, 15) is 10.2 Å². The van der Waals surface area contributed by atoms with Gasteiger partial charge in [-0.2, -0.15) is 0 Å². The molecule has 4 N–H and O–H groups in total. The molecule has 39 heavy (non-hydrogen) atoms. The lowest BCUT2D eigenvalue weighted by atomic mass is 9.70. The van der Waals surface area contributed by atoms with Crippen molar-refractivity contribution in [2.45, 2.75) is 35.7 Å². The molecule has 6 rings (SSSR count). The maximum absolute atomic E-state index is 12.9. The molecule has 1 aliphatic heterocycles. The fourth-order valence-electron chi connectivity index (χ4n) is 6.26. The first kappa shape index (κ1) is 25.2. The number of hydrogen-bond acceptors (Lipinski definition) is 10. The van der Waals surface area contributed by atoms with Gasteiger partial charge in [0, 0.05) is 18.1 Å². The minimum absolute atomic E-state index is 0.0344. The van der Waals surface area contributed by atoms with Gasteiger partial charge in [0.2, 0.25) is 11.8 Å². The summed E-state index contributed by atoms with van der Waals surface area (Å²) in [6, 6.07) is 20.1. The molecule has 4 aromatic rings. The average Bonchev–Trinajstić information content (AvgIpc) is 3.61. The number of benzene rings is 3. The van der Waals surface area contributed by atoms with Gasteiger partial charge in [-0.05, 0) is 23.3 Å². The van der Waals surface area contributed by atoms with Gasteiger partial charge in [-0.25, -0.2) is 0 Å². The summed E-state index contributed by atoms with van der Waals surface area (Å²) in [5, 5.41) is 33.4. The summed E-state index contributed by atoms with van der Waals surface area (Å²) in [6.45, 7) is 0.0344. The van der Waals surface area contributed by atoms with Crippen molar-refractivity contribution < 1.29 is 33.6 Å². The minimum atomic E-state index is -2.02. The van der Waals surface area contributed by atoms with Crippen molar-refractivity contribution in [1.29, 1.82) is 0 Å². The van der Waals surface area contributed by atoms with E-state index in [4.69, 9.17) is 29.1 Å². The van der Waals surface area contributed by atoms with E-state index in [1.807, 2.05) is 42.5 Å². The number of aliphatic hydroxyl groups is 2. The van der Waals surface area contributed by atoms with Gasteiger partial charge in [0.15, 0.2) is 11.2 Å². The summed E-state index contributed by atoms with van der Waals surface area (Å²) in [5.41, 5.74) is 3.89. The van der Waals surface area contributed by atoms with E-state index in [1.54, 1.807) is 31.4 Å². The highest BCUT2D eigenvalue weighted by molar-refractivity contribution is 5.63. The highest BCUT2D eigenvalue weighted by Crippen LogP contribution is 2.72. The number of hydrogen-bond donors (Lipinski definition) is 3. The molecular weight excluding hydrogens is 502 g/mol. The molecule has 0 amide bonds. The largest absolute Gasteiger partial charge is 0.497 e. The van der Waals surface area contributed by atoms with Gasteiger partial charge in [-0.1, -0.05) is 42.5 Å². The van der Waals surface area contributed by atoms with Crippen molar-refractivity contribution in [3.63, 3.8) is 0 Å². The van der Waals surface area contributed by atoms with Crippen LogP contribution < -0.4 is 24.7 Å². The summed E-state index contributed by atoms with van der Waals surface area (Å²) >= 11 is 0. The fourth-order valence-corrected chi connectivity index (χ4v) is 6.26. The lowest BCUT2D eigenvalue weighted by Crippen LogP contribution is -2.52. The van der Waals surface area contributed by atoms with Gasteiger partial charge in [0.1, 0.15) is 29.1 Å². The monoisotopic (exact) mass is 531 g/mol. The molecule has 202 valence electrons. The van der Waals surface area contributed by atoms with Crippen molar-refractivity contribution >= 4 is 0 Å². The summed E-state index contributed by atoms with van der Waals surface area (Å²) < 4.78 is 29.4. The van der Waals surface area contributed by atoms with E-state index in [-0.39, 0.29) is 18.3 Å². The molecule has 2 heterocycles. The normalized spacial score (nSPS) is 27.0. The maximum Gasteiger partial charge on any atom is 0.230 e. The number of methoxy groups -OCH3 is 3. The predicted octanol–water partition coefficient (Wildman–Crippen LogP) is 2.97. The van der Waals surface area contributed by atoms with Crippen molar-refractivity contribution in [2.75, 3.05) is 21.3 Å². The second-order valence-electron chi connectivity index (χ2n) is 9.63. The zero-order chi connectivity index (χ0) is 27.4. The lowest BCUT2D eigenvalue weighted by Gasteiger charge is -2.40. The van der Waals surface area contributed by atoms with Crippen molar-refractivity contribution in [3.05, 3.63) is 95.2 Å². The van der Waals surface area contributed by atoms with Crippen LogP contribution in [0.1, 0.15) is 40.3 Å². The van der Waals surface area contributed by atoms with Crippen LogP contribution in [0.2, 0.25) is 0 Å².